The number of aromatic nitrogens is 3. The number of nitrogens with zero attached hydrogens (tertiary/aromatic N) is 3. The number of hydrogen-bond donors (Lipinski definition) is 2. The predicted octanol–water partition coefficient (Wildman–Crippen LogP) is 4.01. The normalized spacial score (nSPS) is 18.3. The van der Waals surface area contributed by atoms with Crippen LogP contribution in [0.15, 0.2) is 36.8 Å². The second-order valence-electron chi connectivity index (χ2n) is 8.92. The van der Waals surface area contributed by atoms with Gasteiger partial charge in [0.25, 0.3) is 0 Å². The lowest BCUT2D eigenvalue weighted by Gasteiger charge is -2.32. The van der Waals surface area contributed by atoms with Crippen LogP contribution >= 0.6 is 7.52 Å². The van der Waals surface area contributed by atoms with Crippen molar-refractivity contribution in [2.75, 3.05) is 25.3 Å². The summed E-state index contributed by atoms with van der Waals surface area (Å²) in [5.74, 6) is 0.551. The van der Waals surface area contributed by atoms with Gasteiger partial charge < -0.3 is 29.0 Å². The van der Waals surface area contributed by atoms with E-state index in [0.29, 0.717) is 42.4 Å². The Bertz CT molecular complexity index is 1200. The summed E-state index contributed by atoms with van der Waals surface area (Å²) in [5, 5.41) is 3.12. The smallest absolute Gasteiger partial charge is 0.342 e. The Kier molecular flexibility index (Phi) is 8.09. The molecule has 1 aromatic carbocycles. The Morgan fingerprint density at radius 1 is 1.23 bits per heavy atom. The lowest BCUT2D eigenvalue weighted by molar-refractivity contribution is -0.188. The molecule has 1 aliphatic heterocycles. The van der Waals surface area contributed by atoms with Crippen molar-refractivity contribution in [3.05, 3.63) is 47.9 Å². The van der Waals surface area contributed by atoms with Gasteiger partial charge in [-0.1, -0.05) is 12.1 Å². The van der Waals surface area contributed by atoms with E-state index >= 15 is 0 Å². The van der Waals surface area contributed by atoms with E-state index in [9.17, 15) is 4.57 Å². The molecule has 1 unspecified atom stereocenters. The third-order valence-corrected chi connectivity index (χ3v) is 7.76. The van der Waals surface area contributed by atoms with Crippen molar-refractivity contribution < 1.29 is 23.3 Å². The predicted molar refractivity (Wildman–Crippen MR) is 134 cm³/mol. The maximum Gasteiger partial charge on any atom is 0.342 e. The molecule has 3 aromatic rings. The molecular weight excluding hydrogens is 469 g/mol. The Hall–Kier alpha value is -2.49. The largest absolute Gasteiger partial charge is 0.431 e. The van der Waals surface area contributed by atoms with Crippen LogP contribution < -0.4 is 15.3 Å². The molecule has 0 radical (unpaired) electrons. The molecule has 35 heavy (non-hydrogen) atoms. The fourth-order valence-electron chi connectivity index (χ4n) is 3.91. The SMILES string of the molecule is Cc1cccc(OP(=O)(CO[C@H](C)Cn2cnc3c(N)ccnc32)N[C@@H](C)C2OCCCO2)c1C. The van der Waals surface area contributed by atoms with Crippen molar-refractivity contribution in [3.8, 4) is 5.75 Å². The second kappa shape index (κ2) is 11.1. The molecule has 0 amide bonds. The third-order valence-electron chi connectivity index (χ3n) is 5.98. The first kappa shape index (κ1) is 25.6. The van der Waals surface area contributed by atoms with E-state index in [0.717, 1.165) is 17.5 Å². The fraction of sp³-hybridized carbons (Fsp3) is 0.500. The van der Waals surface area contributed by atoms with Crippen molar-refractivity contribution in [2.45, 2.75) is 59.1 Å². The summed E-state index contributed by atoms with van der Waals surface area (Å²) in [5.41, 5.74) is 9.85. The van der Waals surface area contributed by atoms with Gasteiger partial charge in [0.1, 0.15) is 17.6 Å². The van der Waals surface area contributed by atoms with Gasteiger partial charge in [-0.05, 0) is 57.4 Å². The van der Waals surface area contributed by atoms with Crippen molar-refractivity contribution >= 4 is 24.4 Å². The summed E-state index contributed by atoms with van der Waals surface area (Å²) in [6, 6.07) is 7.03. The van der Waals surface area contributed by atoms with E-state index in [4.69, 9.17) is 24.5 Å². The highest BCUT2D eigenvalue weighted by atomic mass is 31.2. The average Bonchev–Trinajstić information content (AvgIpc) is 3.25. The molecule has 190 valence electrons. The molecule has 1 saturated heterocycles. The highest BCUT2D eigenvalue weighted by Gasteiger charge is 2.33. The number of hydrogen-bond acceptors (Lipinski definition) is 8. The number of nitrogens with one attached hydrogen (secondary N) is 1. The third kappa shape index (κ3) is 6.20. The highest BCUT2D eigenvalue weighted by molar-refractivity contribution is 7.57. The topological polar surface area (TPSA) is 123 Å². The molecule has 0 bridgehead atoms. The van der Waals surface area contributed by atoms with Gasteiger partial charge in [0.15, 0.2) is 11.9 Å². The number of aryl methyl sites for hydroxylation is 1. The van der Waals surface area contributed by atoms with Crippen LogP contribution in [-0.4, -0.2) is 52.5 Å². The van der Waals surface area contributed by atoms with Gasteiger partial charge in [-0.15, -0.1) is 0 Å². The van der Waals surface area contributed by atoms with E-state index < -0.39 is 13.8 Å². The Balaban J connectivity index is 1.48. The van der Waals surface area contributed by atoms with Crippen LogP contribution in [0.2, 0.25) is 0 Å². The number of imidazole rings is 1. The number of rotatable bonds is 10. The van der Waals surface area contributed by atoms with Crippen molar-refractivity contribution in [1.29, 1.82) is 0 Å². The summed E-state index contributed by atoms with van der Waals surface area (Å²) in [6.45, 7) is 9.36. The molecule has 0 aliphatic carbocycles. The van der Waals surface area contributed by atoms with Crippen LogP contribution in [0.4, 0.5) is 5.69 Å². The standard InChI is InChI=1S/C24H34N5O5P/c1-16-7-5-8-21(18(16)3)34-35(30,28-19(4)24-31-11-6-12-32-24)15-33-17(2)13-29-14-27-22-20(25)9-10-26-23(22)29/h5,7-10,14,17,19,24H,6,11-13,15H2,1-4H3,(H2,25,26)(H,28,30)/t17-,19+,35?/m1/s1. The molecule has 4 rings (SSSR count). The van der Waals surface area contributed by atoms with Gasteiger partial charge in [0.05, 0.1) is 43.9 Å². The zero-order chi connectivity index (χ0) is 25.0. The van der Waals surface area contributed by atoms with E-state index in [-0.39, 0.29) is 18.5 Å². The molecule has 1 aliphatic rings. The molecule has 3 heterocycles. The fourth-order valence-corrected chi connectivity index (χ4v) is 5.80. The minimum absolute atomic E-state index is 0.138. The molecule has 1 fully saturated rings. The molecular formula is C24H34N5O5P. The zero-order valence-electron chi connectivity index (χ0n) is 20.6. The van der Waals surface area contributed by atoms with Crippen LogP contribution in [0.1, 0.15) is 31.4 Å². The first-order chi connectivity index (χ1) is 16.8. The molecule has 3 N–H and O–H groups in total. The van der Waals surface area contributed by atoms with Crippen LogP contribution in [0.3, 0.4) is 0 Å². The van der Waals surface area contributed by atoms with Crippen molar-refractivity contribution in [1.82, 2.24) is 19.6 Å². The summed E-state index contributed by atoms with van der Waals surface area (Å²) >= 11 is 0. The second-order valence-corrected chi connectivity index (χ2v) is 11.0. The average molecular weight is 504 g/mol. The molecule has 0 saturated carbocycles. The Morgan fingerprint density at radius 2 is 2.00 bits per heavy atom. The molecule has 11 heteroatoms. The van der Waals surface area contributed by atoms with Crippen LogP contribution in [0, 0.1) is 13.8 Å². The number of nitrogen functional groups attached to an aromatic ring is 1. The molecule has 3 atom stereocenters. The molecule has 0 spiro atoms. The van der Waals surface area contributed by atoms with E-state index in [1.807, 2.05) is 50.5 Å². The number of nitrogens with two attached hydrogens (primary N) is 1. The van der Waals surface area contributed by atoms with Gasteiger partial charge in [-0.3, -0.25) is 4.57 Å². The van der Waals surface area contributed by atoms with Crippen molar-refractivity contribution in [3.63, 3.8) is 0 Å². The zero-order valence-corrected chi connectivity index (χ0v) is 21.5. The lowest BCUT2D eigenvalue weighted by atomic mass is 10.1. The summed E-state index contributed by atoms with van der Waals surface area (Å²) in [4.78, 5) is 8.72. The molecule has 10 nitrogen and oxygen atoms in total. The highest BCUT2D eigenvalue weighted by Crippen LogP contribution is 2.45. The minimum atomic E-state index is -3.50. The maximum absolute atomic E-state index is 14.0. The van der Waals surface area contributed by atoms with E-state index in [1.54, 1.807) is 18.6 Å². The van der Waals surface area contributed by atoms with Crippen LogP contribution in [0.5, 0.6) is 5.75 Å². The summed E-state index contributed by atoms with van der Waals surface area (Å²) < 4.78 is 39.5. The quantitative estimate of drug-likeness (QED) is 0.395. The number of fused-ring (bicyclic) bond motifs is 1. The summed E-state index contributed by atoms with van der Waals surface area (Å²) in [6.07, 6.45) is 3.22. The van der Waals surface area contributed by atoms with E-state index in [1.165, 1.54) is 0 Å². The van der Waals surface area contributed by atoms with Gasteiger partial charge in [-0.2, -0.15) is 0 Å². The first-order valence-corrected chi connectivity index (χ1v) is 13.6. The van der Waals surface area contributed by atoms with Gasteiger partial charge >= 0.3 is 7.52 Å². The van der Waals surface area contributed by atoms with Gasteiger partial charge in [-0.25, -0.2) is 15.1 Å². The molecule has 2 aromatic heterocycles. The van der Waals surface area contributed by atoms with Crippen LogP contribution in [-0.2, 0) is 25.3 Å². The number of benzene rings is 1. The summed E-state index contributed by atoms with van der Waals surface area (Å²) in [7, 11) is -3.50. The van der Waals surface area contributed by atoms with Crippen LogP contribution in [0.25, 0.3) is 11.2 Å². The lowest BCUT2D eigenvalue weighted by Crippen LogP contribution is -2.43. The Labute approximate surface area is 205 Å². The monoisotopic (exact) mass is 503 g/mol. The maximum atomic E-state index is 14.0. The van der Waals surface area contributed by atoms with E-state index in [2.05, 4.69) is 15.1 Å². The Morgan fingerprint density at radius 3 is 2.77 bits per heavy atom. The number of pyridine rings is 1. The van der Waals surface area contributed by atoms with Gasteiger partial charge in [0, 0.05) is 6.20 Å². The number of anilines is 1. The van der Waals surface area contributed by atoms with Crippen molar-refractivity contribution in [2.24, 2.45) is 0 Å². The van der Waals surface area contributed by atoms with Gasteiger partial charge in [0.2, 0.25) is 0 Å². The first-order valence-electron chi connectivity index (χ1n) is 11.8. The minimum Gasteiger partial charge on any atom is -0.431 e. The number of ether oxygens (including phenoxy) is 3.